The van der Waals surface area contributed by atoms with Gasteiger partial charge in [-0.25, -0.2) is 4.79 Å². The summed E-state index contributed by atoms with van der Waals surface area (Å²) < 4.78 is 5.60. The Kier molecular flexibility index (Phi) is 4.68. The summed E-state index contributed by atoms with van der Waals surface area (Å²) in [5.41, 5.74) is 0.258. The van der Waals surface area contributed by atoms with Crippen LogP contribution in [0.4, 0.5) is 4.79 Å². The molecule has 1 fully saturated rings. The van der Waals surface area contributed by atoms with E-state index in [1.54, 1.807) is 42.5 Å². The molecule has 2 aromatic rings. The average Bonchev–Trinajstić information content (AvgIpc) is 2.92. The molecule has 4 rings (SSSR count). The Hall–Kier alpha value is -3.06. The zero-order valence-electron chi connectivity index (χ0n) is 14.9. The number of para-hydroxylation sites is 1. The van der Waals surface area contributed by atoms with E-state index in [4.69, 9.17) is 16.3 Å². The molecule has 28 heavy (non-hydrogen) atoms. The number of urea groups is 1. The molecule has 8 heteroatoms. The van der Waals surface area contributed by atoms with E-state index >= 15 is 0 Å². The lowest BCUT2D eigenvalue weighted by Gasteiger charge is -2.33. The van der Waals surface area contributed by atoms with Gasteiger partial charge in [-0.05, 0) is 23.8 Å². The van der Waals surface area contributed by atoms with E-state index in [0.29, 0.717) is 29.4 Å². The van der Waals surface area contributed by atoms with Crippen LogP contribution >= 0.6 is 11.6 Å². The monoisotopic (exact) mass is 399 g/mol. The van der Waals surface area contributed by atoms with Crippen LogP contribution in [-0.4, -0.2) is 35.9 Å². The second-order valence-corrected chi connectivity index (χ2v) is 7.16. The molecule has 144 valence electrons. The van der Waals surface area contributed by atoms with Crippen LogP contribution in [0.25, 0.3) is 0 Å². The van der Waals surface area contributed by atoms with Gasteiger partial charge in [-0.1, -0.05) is 41.9 Å². The lowest BCUT2D eigenvalue weighted by molar-refractivity contribution is -0.136. The molecule has 1 spiro atoms. The quantitative estimate of drug-likeness (QED) is 0.771. The van der Waals surface area contributed by atoms with E-state index in [1.807, 2.05) is 6.07 Å². The van der Waals surface area contributed by atoms with Gasteiger partial charge in [0.2, 0.25) is 5.91 Å². The first-order chi connectivity index (χ1) is 13.5. The van der Waals surface area contributed by atoms with Crippen LogP contribution in [0.2, 0.25) is 5.02 Å². The average molecular weight is 400 g/mol. The highest BCUT2D eigenvalue weighted by Crippen LogP contribution is 2.40. The number of fused-ring (bicyclic) bond motifs is 2. The normalized spacial score (nSPS) is 20.5. The number of carbonyl (C=O) groups excluding carboxylic acids is 3. The SMILES string of the molecule is O=C(CN1C(=O)N[C@@]2(CCOc3ccccc32)C1=O)NCc1cccc(Cl)c1. The van der Waals surface area contributed by atoms with Gasteiger partial charge in [-0.3, -0.25) is 14.5 Å². The molecule has 2 heterocycles. The van der Waals surface area contributed by atoms with Crippen molar-refractivity contribution in [3.63, 3.8) is 0 Å². The van der Waals surface area contributed by atoms with Crippen LogP contribution in [-0.2, 0) is 21.7 Å². The van der Waals surface area contributed by atoms with E-state index in [9.17, 15) is 14.4 Å². The Morgan fingerprint density at radius 2 is 2.04 bits per heavy atom. The van der Waals surface area contributed by atoms with Crippen LogP contribution in [0.15, 0.2) is 48.5 Å². The lowest BCUT2D eigenvalue weighted by atomic mass is 9.84. The zero-order chi connectivity index (χ0) is 19.7. The molecule has 0 radical (unpaired) electrons. The highest BCUT2D eigenvalue weighted by Gasteiger charge is 2.55. The van der Waals surface area contributed by atoms with Crippen molar-refractivity contribution in [2.24, 2.45) is 0 Å². The maximum Gasteiger partial charge on any atom is 0.325 e. The van der Waals surface area contributed by atoms with Gasteiger partial charge in [0.25, 0.3) is 5.91 Å². The molecule has 1 saturated heterocycles. The molecule has 0 bridgehead atoms. The van der Waals surface area contributed by atoms with Crippen molar-refractivity contribution in [1.29, 1.82) is 0 Å². The summed E-state index contributed by atoms with van der Waals surface area (Å²) in [6.07, 6.45) is 0.315. The molecule has 0 saturated carbocycles. The van der Waals surface area contributed by atoms with Crippen molar-refractivity contribution < 1.29 is 19.1 Å². The van der Waals surface area contributed by atoms with E-state index in [2.05, 4.69) is 10.6 Å². The number of nitrogens with one attached hydrogen (secondary N) is 2. The Labute approximate surface area is 166 Å². The fraction of sp³-hybridized carbons (Fsp3) is 0.250. The number of hydrogen-bond donors (Lipinski definition) is 2. The molecule has 0 aliphatic carbocycles. The standard InChI is InChI=1S/C20H18ClN3O4/c21-14-5-3-4-13(10-14)11-22-17(25)12-24-18(26)20(23-19(24)27)8-9-28-16-7-2-1-6-15(16)20/h1-7,10H,8-9,11-12H2,(H,22,25)(H,23,27)/t20-/m1/s1. The van der Waals surface area contributed by atoms with Crippen LogP contribution in [0.1, 0.15) is 17.5 Å². The lowest BCUT2D eigenvalue weighted by Crippen LogP contribution is -2.48. The fourth-order valence-corrected chi connectivity index (χ4v) is 3.78. The number of ether oxygens (including phenoxy) is 1. The summed E-state index contributed by atoms with van der Waals surface area (Å²) in [5, 5.41) is 6.05. The molecule has 4 amide bonds. The summed E-state index contributed by atoms with van der Waals surface area (Å²) in [5.74, 6) is -0.304. The number of hydrogen-bond acceptors (Lipinski definition) is 4. The minimum atomic E-state index is -1.18. The van der Waals surface area contributed by atoms with Crippen LogP contribution in [0, 0.1) is 0 Å². The zero-order valence-corrected chi connectivity index (χ0v) is 15.7. The molecular formula is C20H18ClN3O4. The number of imide groups is 1. The minimum Gasteiger partial charge on any atom is -0.493 e. The highest BCUT2D eigenvalue weighted by molar-refractivity contribution is 6.30. The smallest absolute Gasteiger partial charge is 0.325 e. The van der Waals surface area contributed by atoms with Crippen molar-refractivity contribution in [3.8, 4) is 5.75 Å². The minimum absolute atomic E-state index is 0.255. The summed E-state index contributed by atoms with van der Waals surface area (Å²) >= 11 is 5.93. The Morgan fingerprint density at radius 3 is 2.86 bits per heavy atom. The first-order valence-electron chi connectivity index (χ1n) is 8.87. The molecule has 2 N–H and O–H groups in total. The Balaban J connectivity index is 1.47. The second-order valence-electron chi connectivity index (χ2n) is 6.73. The maximum atomic E-state index is 13.1. The predicted molar refractivity (Wildman–Crippen MR) is 102 cm³/mol. The van der Waals surface area contributed by atoms with Crippen molar-refractivity contribution in [1.82, 2.24) is 15.5 Å². The number of rotatable bonds is 4. The predicted octanol–water partition coefficient (Wildman–Crippen LogP) is 2.19. The second kappa shape index (κ2) is 7.16. The van der Waals surface area contributed by atoms with Crippen LogP contribution in [0.3, 0.4) is 0 Å². The maximum absolute atomic E-state index is 13.1. The molecular weight excluding hydrogens is 382 g/mol. The number of benzene rings is 2. The van der Waals surface area contributed by atoms with Gasteiger partial charge >= 0.3 is 6.03 Å². The van der Waals surface area contributed by atoms with E-state index < -0.39 is 23.4 Å². The molecule has 2 aliphatic rings. The molecule has 0 aromatic heterocycles. The summed E-state index contributed by atoms with van der Waals surface area (Å²) in [6, 6.07) is 13.6. The number of amides is 4. The van der Waals surface area contributed by atoms with E-state index in [1.165, 1.54) is 0 Å². The van der Waals surface area contributed by atoms with Gasteiger partial charge < -0.3 is 15.4 Å². The number of halogens is 1. The third-order valence-corrected chi connectivity index (χ3v) is 5.17. The first kappa shape index (κ1) is 18.3. The van der Waals surface area contributed by atoms with Crippen molar-refractivity contribution in [2.75, 3.05) is 13.2 Å². The number of nitrogens with zero attached hydrogens (tertiary/aromatic N) is 1. The van der Waals surface area contributed by atoms with Gasteiger partial charge in [0.05, 0.1) is 6.61 Å². The van der Waals surface area contributed by atoms with Gasteiger partial charge in [0, 0.05) is 23.6 Å². The van der Waals surface area contributed by atoms with Crippen LogP contribution in [0.5, 0.6) is 5.75 Å². The van der Waals surface area contributed by atoms with Crippen molar-refractivity contribution in [3.05, 3.63) is 64.7 Å². The van der Waals surface area contributed by atoms with E-state index in [0.717, 1.165) is 10.5 Å². The largest absolute Gasteiger partial charge is 0.493 e. The topological polar surface area (TPSA) is 87.7 Å². The van der Waals surface area contributed by atoms with Gasteiger partial charge in [-0.2, -0.15) is 0 Å². The third-order valence-electron chi connectivity index (χ3n) is 4.94. The molecule has 2 aliphatic heterocycles. The molecule has 7 nitrogen and oxygen atoms in total. The summed E-state index contributed by atoms with van der Waals surface area (Å²) in [4.78, 5) is 38.9. The van der Waals surface area contributed by atoms with Gasteiger partial charge in [0.1, 0.15) is 12.3 Å². The summed E-state index contributed by atoms with van der Waals surface area (Å²) in [7, 11) is 0. The van der Waals surface area contributed by atoms with Gasteiger partial charge in [0.15, 0.2) is 5.54 Å². The van der Waals surface area contributed by atoms with Crippen molar-refractivity contribution in [2.45, 2.75) is 18.5 Å². The Bertz CT molecular complexity index is 964. The third kappa shape index (κ3) is 3.18. The Morgan fingerprint density at radius 1 is 1.21 bits per heavy atom. The van der Waals surface area contributed by atoms with Crippen molar-refractivity contribution >= 4 is 29.4 Å². The highest BCUT2D eigenvalue weighted by atomic mass is 35.5. The number of carbonyl (C=O) groups is 3. The summed E-state index contributed by atoms with van der Waals surface area (Å²) in [6.45, 7) is 0.207. The molecule has 1 atom stereocenters. The van der Waals surface area contributed by atoms with Gasteiger partial charge in [-0.15, -0.1) is 0 Å². The molecule has 0 unspecified atom stereocenters. The van der Waals surface area contributed by atoms with E-state index in [-0.39, 0.29) is 13.1 Å². The molecule has 2 aromatic carbocycles. The first-order valence-corrected chi connectivity index (χ1v) is 9.25. The van der Waals surface area contributed by atoms with Crippen LogP contribution < -0.4 is 15.4 Å². The fourth-order valence-electron chi connectivity index (χ4n) is 3.56.